The first-order valence-corrected chi connectivity index (χ1v) is 6.61. The molecule has 1 fully saturated rings. The van der Waals surface area contributed by atoms with Crippen molar-refractivity contribution in [1.82, 2.24) is 9.36 Å². The van der Waals surface area contributed by atoms with E-state index in [1.807, 2.05) is 6.92 Å². The van der Waals surface area contributed by atoms with E-state index >= 15 is 0 Å². The highest BCUT2D eigenvalue weighted by molar-refractivity contribution is 5.49. The largest absolute Gasteiger partial charge is 0.393 e. The van der Waals surface area contributed by atoms with Gasteiger partial charge in [0.15, 0.2) is 5.82 Å². The van der Waals surface area contributed by atoms with Gasteiger partial charge in [0, 0.05) is 18.5 Å². The summed E-state index contributed by atoms with van der Waals surface area (Å²) in [5, 5.41) is 0. The Morgan fingerprint density at radius 3 is 2.60 bits per heavy atom. The molecular formula is C14H15F2N3O. The van der Waals surface area contributed by atoms with E-state index < -0.39 is 17.2 Å². The van der Waals surface area contributed by atoms with Crippen molar-refractivity contribution in [3.8, 4) is 5.69 Å². The molecule has 4 nitrogen and oxygen atoms in total. The molecule has 3 rings (SSSR count). The summed E-state index contributed by atoms with van der Waals surface area (Å²) in [5.41, 5.74) is 6.40. The van der Waals surface area contributed by atoms with E-state index in [1.165, 1.54) is 10.7 Å². The molecule has 20 heavy (non-hydrogen) atoms. The Kier molecular flexibility index (Phi) is 2.88. The van der Waals surface area contributed by atoms with Gasteiger partial charge in [0.25, 0.3) is 5.56 Å². The van der Waals surface area contributed by atoms with Gasteiger partial charge in [-0.2, -0.15) is 0 Å². The molecule has 0 atom stereocenters. The molecule has 1 aromatic heterocycles. The molecule has 1 aliphatic carbocycles. The topological polar surface area (TPSA) is 52.9 Å². The number of benzene rings is 1. The zero-order valence-corrected chi connectivity index (χ0v) is 11.1. The van der Waals surface area contributed by atoms with Gasteiger partial charge in [-0.1, -0.05) is 0 Å². The SMILES string of the molecule is CCn1c(C2CC2)c(N)c(=O)n1-c1ccc(F)cc1F. The predicted octanol–water partition coefficient (Wildman–Crippen LogP) is 2.40. The average Bonchev–Trinajstić information content (AvgIpc) is 3.20. The minimum absolute atomic E-state index is 0.0249. The molecule has 0 bridgehead atoms. The Labute approximate surface area is 114 Å². The Bertz CT molecular complexity index is 729. The molecule has 0 aliphatic heterocycles. The smallest absolute Gasteiger partial charge is 0.294 e. The maximum Gasteiger partial charge on any atom is 0.294 e. The van der Waals surface area contributed by atoms with Gasteiger partial charge in [-0.15, -0.1) is 0 Å². The highest BCUT2D eigenvalue weighted by Crippen LogP contribution is 2.42. The molecular weight excluding hydrogens is 264 g/mol. The second kappa shape index (κ2) is 4.47. The predicted molar refractivity (Wildman–Crippen MR) is 72.0 cm³/mol. The van der Waals surface area contributed by atoms with Crippen LogP contribution in [-0.2, 0) is 6.54 Å². The van der Waals surface area contributed by atoms with Gasteiger partial charge in [0.05, 0.1) is 5.69 Å². The summed E-state index contributed by atoms with van der Waals surface area (Å²) in [7, 11) is 0. The number of nitrogens with two attached hydrogens (primary N) is 1. The first kappa shape index (κ1) is 12.9. The third-order valence-corrected chi connectivity index (χ3v) is 3.62. The molecule has 2 N–H and O–H groups in total. The van der Waals surface area contributed by atoms with Crippen LogP contribution >= 0.6 is 0 Å². The van der Waals surface area contributed by atoms with Crippen LogP contribution in [0.25, 0.3) is 5.69 Å². The first-order valence-electron chi connectivity index (χ1n) is 6.61. The summed E-state index contributed by atoms with van der Waals surface area (Å²) >= 11 is 0. The van der Waals surface area contributed by atoms with E-state index in [9.17, 15) is 13.6 Å². The maximum absolute atomic E-state index is 13.9. The second-order valence-electron chi connectivity index (χ2n) is 5.00. The molecule has 0 amide bonds. The lowest BCUT2D eigenvalue weighted by atomic mass is 10.2. The number of hydrogen-bond donors (Lipinski definition) is 1. The molecule has 1 aromatic carbocycles. The van der Waals surface area contributed by atoms with Crippen molar-refractivity contribution in [2.45, 2.75) is 32.2 Å². The van der Waals surface area contributed by atoms with Gasteiger partial charge in [-0.25, -0.2) is 13.5 Å². The lowest BCUT2D eigenvalue weighted by Crippen LogP contribution is -2.23. The third kappa shape index (κ3) is 1.83. The van der Waals surface area contributed by atoms with Crippen molar-refractivity contribution in [3.63, 3.8) is 0 Å². The van der Waals surface area contributed by atoms with E-state index in [0.717, 1.165) is 30.7 Å². The van der Waals surface area contributed by atoms with Crippen molar-refractivity contribution < 1.29 is 8.78 Å². The molecule has 1 saturated carbocycles. The molecule has 106 valence electrons. The Morgan fingerprint density at radius 1 is 1.35 bits per heavy atom. The van der Waals surface area contributed by atoms with Crippen LogP contribution < -0.4 is 11.3 Å². The number of halogens is 2. The van der Waals surface area contributed by atoms with Gasteiger partial charge in [-0.05, 0) is 31.9 Å². The molecule has 2 aromatic rings. The van der Waals surface area contributed by atoms with Crippen molar-refractivity contribution in [3.05, 3.63) is 45.9 Å². The number of nitrogen functional groups attached to an aromatic ring is 1. The van der Waals surface area contributed by atoms with E-state index in [4.69, 9.17) is 5.73 Å². The minimum atomic E-state index is -0.776. The lowest BCUT2D eigenvalue weighted by Gasteiger charge is -2.13. The van der Waals surface area contributed by atoms with Crippen LogP contribution in [-0.4, -0.2) is 9.36 Å². The summed E-state index contributed by atoms with van der Waals surface area (Å²) in [5.74, 6) is -1.18. The van der Waals surface area contributed by atoms with E-state index in [-0.39, 0.29) is 17.3 Å². The average molecular weight is 279 g/mol. The Morgan fingerprint density at radius 2 is 2.05 bits per heavy atom. The molecule has 1 aliphatic rings. The van der Waals surface area contributed by atoms with E-state index in [2.05, 4.69) is 0 Å². The lowest BCUT2D eigenvalue weighted by molar-refractivity contribution is 0.518. The third-order valence-electron chi connectivity index (χ3n) is 3.62. The molecule has 1 heterocycles. The molecule has 0 spiro atoms. The van der Waals surface area contributed by atoms with Gasteiger partial charge in [-0.3, -0.25) is 9.48 Å². The normalized spacial score (nSPS) is 14.8. The number of aromatic nitrogens is 2. The summed E-state index contributed by atoms with van der Waals surface area (Å²) in [6.45, 7) is 2.36. The van der Waals surface area contributed by atoms with Gasteiger partial charge in [0.2, 0.25) is 0 Å². The Balaban J connectivity index is 2.28. The Hall–Kier alpha value is -2.11. The van der Waals surface area contributed by atoms with Gasteiger partial charge >= 0.3 is 0 Å². The minimum Gasteiger partial charge on any atom is -0.393 e. The monoisotopic (exact) mass is 279 g/mol. The van der Waals surface area contributed by atoms with Crippen molar-refractivity contribution in [1.29, 1.82) is 0 Å². The van der Waals surface area contributed by atoms with E-state index in [0.29, 0.717) is 6.54 Å². The highest BCUT2D eigenvalue weighted by Gasteiger charge is 2.32. The standard InChI is InChI=1S/C14H15F2N3O/c1-2-18-13(8-3-4-8)12(17)14(20)19(18)11-6-5-9(15)7-10(11)16/h5-8H,2-4,17H2,1H3. The number of nitrogens with zero attached hydrogens (tertiary/aromatic N) is 2. The van der Waals surface area contributed by atoms with E-state index in [1.54, 1.807) is 4.68 Å². The van der Waals surface area contributed by atoms with Crippen LogP contribution in [0.2, 0.25) is 0 Å². The quantitative estimate of drug-likeness (QED) is 0.938. The van der Waals surface area contributed by atoms with Crippen LogP contribution in [0.5, 0.6) is 0 Å². The van der Waals surface area contributed by atoms with Crippen LogP contribution in [0.3, 0.4) is 0 Å². The first-order chi connectivity index (χ1) is 9.54. The molecule has 0 radical (unpaired) electrons. The molecule has 0 saturated heterocycles. The zero-order valence-electron chi connectivity index (χ0n) is 11.1. The fourth-order valence-corrected chi connectivity index (χ4v) is 2.57. The maximum atomic E-state index is 13.9. The number of anilines is 1. The van der Waals surface area contributed by atoms with Crippen LogP contribution in [0.15, 0.2) is 23.0 Å². The summed E-state index contributed by atoms with van der Waals surface area (Å²) < 4.78 is 29.8. The fraction of sp³-hybridized carbons (Fsp3) is 0.357. The fourth-order valence-electron chi connectivity index (χ4n) is 2.57. The summed E-state index contributed by atoms with van der Waals surface area (Å²) in [6.07, 6.45) is 1.97. The summed E-state index contributed by atoms with van der Waals surface area (Å²) in [4.78, 5) is 12.3. The second-order valence-corrected chi connectivity index (χ2v) is 5.00. The zero-order chi connectivity index (χ0) is 14.4. The van der Waals surface area contributed by atoms with Crippen LogP contribution in [0.1, 0.15) is 31.4 Å². The number of rotatable bonds is 3. The summed E-state index contributed by atoms with van der Waals surface area (Å²) in [6, 6.07) is 3.15. The number of hydrogen-bond acceptors (Lipinski definition) is 2. The van der Waals surface area contributed by atoms with Gasteiger partial charge in [0.1, 0.15) is 17.2 Å². The highest BCUT2D eigenvalue weighted by atomic mass is 19.1. The van der Waals surface area contributed by atoms with Crippen LogP contribution in [0.4, 0.5) is 14.5 Å². The van der Waals surface area contributed by atoms with Crippen molar-refractivity contribution in [2.24, 2.45) is 0 Å². The molecule has 6 heteroatoms. The van der Waals surface area contributed by atoms with Crippen molar-refractivity contribution in [2.75, 3.05) is 5.73 Å². The van der Waals surface area contributed by atoms with Crippen molar-refractivity contribution >= 4 is 5.69 Å². The van der Waals surface area contributed by atoms with Crippen LogP contribution in [0, 0.1) is 11.6 Å². The molecule has 0 unspecified atom stereocenters. The van der Waals surface area contributed by atoms with Gasteiger partial charge < -0.3 is 5.73 Å².